The van der Waals surface area contributed by atoms with E-state index < -0.39 is 0 Å². The summed E-state index contributed by atoms with van der Waals surface area (Å²) in [4.78, 5) is 25.2. The first-order valence-corrected chi connectivity index (χ1v) is 9.75. The molecular formula is C20H30O4. The van der Waals surface area contributed by atoms with E-state index in [4.69, 9.17) is 9.47 Å². The van der Waals surface area contributed by atoms with E-state index in [9.17, 15) is 9.59 Å². The van der Waals surface area contributed by atoms with Crippen LogP contribution in [0.15, 0.2) is 0 Å². The molecule has 4 bridgehead atoms. The maximum Gasteiger partial charge on any atom is 0.310 e. The number of methoxy groups -OCH3 is 1. The average molecular weight is 334 g/mol. The van der Waals surface area contributed by atoms with Crippen molar-refractivity contribution in [2.24, 2.45) is 53.3 Å². The number of hydrogen-bond acceptors (Lipinski definition) is 4. The molecule has 0 saturated heterocycles. The molecule has 4 nitrogen and oxygen atoms in total. The molecule has 134 valence electrons. The number of carbonyl (C=O) groups excluding carboxylic acids is 2. The van der Waals surface area contributed by atoms with E-state index in [1.807, 2.05) is 0 Å². The fourth-order valence-corrected chi connectivity index (χ4v) is 6.65. The number of fused-ring (bicyclic) bond motifs is 4. The minimum absolute atomic E-state index is 0.139. The predicted molar refractivity (Wildman–Crippen MR) is 88.8 cm³/mol. The molecule has 4 fully saturated rings. The van der Waals surface area contributed by atoms with Crippen LogP contribution in [0.5, 0.6) is 0 Å². The predicted octanol–water partition coefficient (Wildman–Crippen LogP) is 3.29. The van der Waals surface area contributed by atoms with Crippen molar-refractivity contribution in [3.63, 3.8) is 0 Å². The van der Waals surface area contributed by atoms with Gasteiger partial charge in [0, 0.05) is 0 Å². The van der Waals surface area contributed by atoms with Crippen LogP contribution >= 0.6 is 0 Å². The van der Waals surface area contributed by atoms with Crippen molar-refractivity contribution >= 4 is 11.9 Å². The maximum atomic E-state index is 12.9. The normalized spacial score (nSPS) is 48.7. The average Bonchev–Trinajstić information content (AvgIpc) is 3.33. The number of esters is 2. The molecule has 4 heteroatoms. The molecule has 0 spiro atoms. The van der Waals surface area contributed by atoms with Gasteiger partial charge in [0.25, 0.3) is 0 Å². The lowest BCUT2D eigenvalue weighted by molar-refractivity contribution is -0.165. The molecule has 0 aromatic heterocycles. The molecule has 0 aliphatic heterocycles. The summed E-state index contributed by atoms with van der Waals surface area (Å²) in [5.74, 6) is 2.76. The van der Waals surface area contributed by atoms with Crippen molar-refractivity contribution in [3.8, 4) is 0 Å². The van der Waals surface area contributed by atoms with Crippen molar-refractivity contribution in [1.82, 2.24) is 0 Å². The van der Waals surface area contributed by atoms with Crippen LogP contribution in [-0.2, 0) is 19.1 Å². The molecule has 0 N–H and O–H groups in total. The van der Waals surface area contributed by atoms with Gasteiger partial charge in [0.1, 0.15) is 0 Å². The van der Waals surface area contributed by atoms with Crippen molar-refractivity contribution in [3.05, 3.63) is 0 Å². The Hall–Kier alpha value is -1.06. The highest BCUT2D eigenvalue weighted by molar-refractivity contribution is 5.83. The second-order valence-electron chi connectivity index (χ2n) is 8.92. The minimum Gasteiger partial charge on any atom is -0.469 e. The van der Waals surface area contributed by atoms with Crippen molar-refractivity contribution in [2.75, 3.05) is 13.7 Å². The molecule has 9 unspecified atom stereocenters. The molecule has 4 saturated carbocycles. The lowest BCUT2D eigenvalue weighted by Gasteiger charge is -2.35. The Bertz CT molecular complexity index is 530. The Morgan fingerprint density at radius 2 is 1.58 bits per heavy atom. The van der Waals surface area contributed by atoms with Gasteiger partial charge >= 0.3 is 11.9 Å². The summed E-state index contributed by atoms with van der Waals surface area (Å²) >= 11 is 0. The first-order chi connectivity index (χ1) is 11.5. The van der Waals surface area contributed by atoms with E-state index >= 15 is 0 Å². The van der Waals surface area contributed by atoms with E-state index in [1.165, 1.54) is 32.8 Å². The van der Waals surface area contributed by atoms with Crippen molar-refractivity contribution in [1.29, 1.82) is 0 Å². The zero-order chi connectivity index (χ0) is 17.0. The molecule has 4 rings (SSSR count). The summed E-state index contributed by atoms with van der Waals surface area (Å²) in [5, 5.41) is 0. The molecule has 24 heavy (non-hydrogen) atoms. The van der Waals surface area contributed by atoms with Crippen LogP contribution in [0, 0.1) is 53.3 Å². The van der Waals surface area contributed by atoms with Crippen LogP contribution < -0.4 is 0 Å². The SMILES string of the molecule is COC(=O)C1C2CC(C(C)C2C)C1C(=O)OCC1CC2CCC1C2. The third-order valence-corrected chi connectivity index (χ3v) is 8.10. The zero-order valence-electron chi connectivity index (χ0n) is 15.1. The standard InChI is InChI=1S/C20H30O4/c1-10-11(2)16-8-15(10)17(19(21)23-3)18(16)20(22)24-9-14-7-12-4-5-13(14)6-12/h10-18H,4-9H2,1-3H3. The van der Waals surface area contributed by atoms with Crippen molar-refractivity contribution in [2.45, 2.75) is 46.0 Å². The number of carbonyl (C=O) groups is 2. The topological polar surface area (TPSA) is 52.6 Å². The van der Waals surface area contributed by atoms with E-state index in [-0.39, 0.29) is 35.6 Å². The molecule has 4 aliphatic carbocycles. The molecule has 0 aromatic carbocycles. The third-order valence-electron chi connectivity index (χ3n) is 8.10. The second-order valence-corrected chi connectivity index (χ2v) is 8.92. The highest BCUT2D eigenvalue weighted by Gasteiger charge is 2.60. The van der Waals surface area contributed by atoms with E-state index in [2.05, 4.69) is 13.8 Å². The summed E-state index contributed by atoms with van der Waals surface area (Å²) in [5.41, 5.74) is 0. The van der Waals surface area contributed by atoms with Gasteiger partial charge in [-0.1, -0.05) is 20.3 Å². The minimum atomic E-state index is -0.293. The molecule has 0 radical (unpaired) electrons. The quantitative estimate of drug-likeness (QED) is 0.740. The third kappa shape index (κ3) is 2.40. The zero-order valence-corrected chi connectivity index (χ0v) is 15.1. The molecule has 0 heterocycles. The molecule has 0 aromatic rings. The van der Waals surface area contributed by atoms with Crippen LogP contribution in [0.25, 0.3) is 0 Å². The largest absolute Gasteiger partial charge is 0.469 e. The first-order valence-electron chi connectivity index (χ1n) is 9.75. The molecule has 0 amide bonds. The van der Waals surface area contributed by atoms with Crippen LogP contribution in [0.1, 0.15) is 46.0 Å². The Morgan fingerprint density at radius 1 is 0.917 bits per heavy atom. The fraction of sp³-hybridized carbons (Fsp3) is 0.900. The maximum absolute atomic E-state index is 12.9. The summed E-state index contributed by atoms with van der Waals surface area (Å²) in [6.45, 7) is 4.99. The second kappa shape index (κ2) is 6.03. The Labute approximate surface area is 144 Å². The van der Waals surface area contributed by atoms with Gasteiger partial charge in [-0.2, -0.15) is 0 Å². The van der Waals surface area contributed by atoms with Crippen LogP contribution in [-0.4, -0.2) is 25.7 Å². The smallest absolute Gasteiger partial charge is 0.310 e. The molecule has 4 aliphatic rings. The first kappa shape index (κ1) is 16.4. The summed E-state index contributed by atoms with van der Waals surface area (Å²) < 4.78 is 10.8. The summed E-state index contributed by atoms with van der Waals surface area (Å²) in [6, 6.07) is 0. The van der Waals surface area contributed by atoms with Crippen LogP contribution in [0.2, 0.25) is 0 Å². The van der Waals surface area contributed by atoms with Crippen LogP contribution in [0.3, 0.4) is 0 Å². The molecule has 9 atom stereocenters. The van der Waals surface area contributed by atoms with Gasteiger partial charge in [-0.05, 0) is 67.1 Å². The van der Waals surface area contributed by atoms with Crippen molar-refractivity contribution < 1.29 is 19.1 Å². The summed E-state index contributed by atoms with van der Waals surface area (Å²) in [7, 11) is 1.43. The van der Waals surface area contributed by atoms with Gasteiger partial charge < -0.3 is 9.47 Å². The van der Waals surface area contributed by atoms with Gasteiger partial charge in [0.05, 0.1) is 25.6 Å². The lowest BCUT2D eigenvalue weighted by Crippen LogP contribution is -2.42. The van der Waals surface area contributed by atoms with Gasteiger partial charge in [0.2, 0.25) is 0 Å². The molecular weight excluding hydrogens is 304 g/mol. The lowest BCUT2D eigenvalue weighted by atomic mass is 9.69. The van der Waals surface area contributed by atoms with E-state index in [0.29, 0.717) is 24.4 Å². The van der Waals surface area contributed by atoms with Gasteiger partial charge in [-0.15, -0.1) is 0 Å². The van der Waals surface area contributed by atoms with Gasteiger partial charge in [0.15, 0.2) is 0 Å². The Kier molecular flexibility index (Phi) is 4.12. The van der Waals surface area contributed by atoms with Crippen LogP contribution in [0.4, 0.5) is 0 Å². The Morgan fingerprint density at radius 3 is 2.12 bits per heavy atom. The fourth-order valence-electron chi connectivity index (χ4n) is 6.65. The highest BCUT2D eigenvalue weighted by atomic mass is 16.5. The highest BCUT2D eigenvalue weighted by Crippen LogP contribution is 2.58. The summed E-state index contributed by atoms with van der Waals surface area (Å²) in [6.07, 6.45) is 6.19. The monoisotopic (exact) mass is 334 g/mol. The number of ether oxygens (including phenoxy) is 2. The Balaban J connectivity index is 1.43. The van der Waals surface area contributed by atoms with E-state index in [0.717, 1.165) is 18.3 Å². The number of hydrogen-bond donors (Lipinski definition) is 0. The van der Waals surface area contributed by atoms with Gasteiger partial charge in [-0.25, -0.2) is 0 Å². The van der Waals surface area contributed by atoms with E-state index in [1.54, 1.807) is 0 Å². The number of rotatable bonds is 4. The van der Waals surface area contributed by atoms with Gasteiger partial charge in [-0.3, -0.25) is 9.59 Å².